The first-order chi connectivity index (χ1) is 13.4. The van der Waals surface area contributed by atoms with Gasteiger partial charge in [0.1, 0.15) is 0 Å². The summed E-state index contributed by atoms with van der Waals surface area (Å²) < 4.78 is 0. The average Bonchev–Trinajstić information content (AvgIpc) is 3.18. The summed E-state index contributed by atoms with van der Waals surface area (Å²) >= 11 is 0. The number of amides is 3. The van der Waals surface area contributed by atoms with Gasteiger partial charge in [0, 0.05) is 43.2 Å². The topological polar surface area (TPSA) is 90.0 Å². The minimum Gasteiger partial charge on any atom is -0.481 e. The van der Waals surface area contributed by atoms with E-state index >= 15 is 0 Å². The van der Waals surface area contributed by atoms with Crippen LogP contribution in [-0.2, 0) is 9.59 Å². The third-order valence-electron chi connectivity index (χ3n) is 7.09. The molecule has 0 spiro atoms. The quantitative estimate of drug-likeness (QED) is 0.817. The van der Waals surface area contributed by atoms with Crippen LogP contribution in [0.2, 0.25) is 0 Å². The van der Waals surface area contributed by atoms with Crippen LogP contribution in [0.5, 0.6) is 0 Å². The van der Waals surface area contributed by atoms with Gasteiger partial charge in [0.2, 0.25) is 5.91 Å². The van der Waals surface area contributed by atoms with E-state index < -0.39 is 11.4 Å². The Balaban J connectivity index is 1.25. The minimum absolute atomic E-state index is 0.133. The van der Waals surface area contributed by atoms with Crippen molar-refractivity contribution >= 4 is 23.6 Å². The maximum Gasteiger partial charge on any atom is 0.322 e. The first-order valence-electron chi connectivity index (χ1n) is 10.1. The fourth-order valence-corrected chi connectivity index (χ4v) is 5.63. The van der Waals surface area contributed by atoms with E-state index in [1.807, 2.05) is 23.1 Å². The number of carboxylic acids is 1. The molecule has 2 heterocycles. The van der Waals surface area contributed by atoms with E-state index in [0.29, 0.717) is 32.2 Å². The molecular weight excluding hydrogens is 358 g/mol. The fourth-order valence-electron chi connectivity index (χ4n) is 5.63. The molecule has 0 aromatic heterocycles. The number of aliphatic carboxylic acids is 1. The number of urea groups is 1. The van der Waals surface area contributed by atoms with Crippen molar-refractivity contribution < 1.29 is 19.5 Å². The Hall–Kier alpha value is -2.57. The van der Waals surface area contributed by atoms with Gasteiger partial charge in [-0.1, -0.05) is 18.2 Å². The number of anilines is 1. The van der Waals surface area contributed by atoms with Gasteiger partial charge in [0.05, 0.1) is 5.41 Å². The van der Waals surface area contributed by atoms with Crippen LogP contribution in [0, 0.1) is 5.41 Å². The molecule has 1 unspecified atom stereocenters. The zero-order chi connectivity index (χ0) is 19.5. The SMILES string of the molecule is O=C1CCCN1CCC1CN(C(=O)NC23CC(C(=O)O)(C2)C3)c2ccccc21. The van der Waals surface area contributed by atoms with E-state index in [4.69, 9.17) is 0 Å². The highest BCUT2D eigenvalue weighted by Gasteiger charge is 2.72. The maximum absolute atomic E-state index is 13.0. The lowest BCUT2D eigenvalue weighted by Gasteiger charge is -2.67. The minimum atomic E-state index is -0.744. The van der Waals surface area contributed by atoms with Gasteiger partial charge in [-0.3, -0.25) is 14.5 Å². The molecule has 2 bridgehead atoms. The molecule has 5 aliphatic rings. The van der Waals surface area contributed by atoms with Crippen molar-refractivity contribution in [3.8, 4) is 0 Å². The van der Waals surface area contributed by atoms with E-state index in [0.717, 1.165) is 37.2 Å². The average molecular weight is 383 g/mol. The Bertz CT molecular complexity index is 847. The second kappa shape index (κ2) is 5.96. The summed E-state index contributed by atoms with van der Waals surface area (Å²) in [6.45, 7) is 2.18. The Morgan fingerprint density at radius 2 is 1.96 bits per heavy atom. The molecule has 3 aliphatic carbocycles. The molecule has 1 atom stereocenters. The number of hydrogen-bond donors (Lipinski definition) is 2. The molecule has 7 nitrogen and oxygen atoms in total. The zero-order valence-corrected chi connectivity index (χ0v) is 15.8. The van der Waals surface area contributed by atoms with Crippen molar-refractivity contribution in [2.24, 2.45) is 5.41 Å². The number of benzene rings is 1. The Morgan fingerprint density at radius 1 is 1.21 bits per heavy atom. The number of rotatable bonds is 5. The van der Waals surface area contributed by atoms with Crippen molar-refractivity contribution in [1.82, 2.24) is 10.2 Å². The first kappa shape index (κ1) is 17.5. The Kier molecular flexibility index (Phi) is 3.73. The second-order valence-electron chi connectivity index (χ2n) is 8.97. The highest BCUT2D eigenvalue weighted by Crippen LogP contribution is 2.67. The number of hydrogen-bond acceptors (Lipinski definition) is 3. The number of carboxylic acid groups (broad SMARTS) is 1. The van der Waals surface area contributed by atoms with Crippen molar-refractivity contribution in [2.75, 3.05) is 24.5 Å². The van der Waals surface area contributed by atoms with Crippen LogP contribution in [0.4, 0.5) is 10.5 Å². The maximum atomic E-state index is 13.0. The van der Waals surface area contributed by atoms with Gasteiger partial charge in [-0.15, -0.1) is 0 Å². The number of likely N-dealkylation sites (tertiary alicyclic amines) is 1. The summed E-state index contributed by atoms with van der Waals surface area (Å²) in [4.78, 5) is 39.9. The van der Waals surface area contributed by atoms with Crippen LogP contribution in [0.1, 0.15) is 50.0 Å². The van der Waals surface area contributed by atoms with Crippen LogP contribution in [0.25, 0.3) is 0 Å². The molecule has 0 radical (unpaired) electrons. The molecule has 1 aromatic carbocycles. The van der Waals surface area contributed by atoms with Crippen molar-refractivity contribution in [2.45, 2.75) is 50.0 Å². The van der Waals surface area contributed by atoms with Crippen molar-refractivity contribution in [1.29, 1.82) is 0 Å². The molecule has 3 saturated carbocycles. The van der Waals surface area contributed by atoms with E-state index in [2.05, 4.69) is 11.4 Å². The molecule has 28 heavy (non-hydrogen) atoms. The normalized spacial score (nSPS) is 32.6. The van der Waals surface area contributed by atoms with Crippen LogP contribution < -0.4 is 10.2 Å². The van der Waals surface area contributed by atoms with Crippen LogP contribution in [0.3, 0.4) is 0 Å². The largest absolute Gasteiger partial charge is 0.481 e. The van der Waals surface area contributed by atoms with E-state index in [9.17, 15) is 19.5 Å². The lowest BCUT2D eigenvalue weighted by Crippen LogP contribution is -2.77. The van der Waals surface area contributed by atoms with Crippen molar-refractivity contribution in [3.63, 3.8) is 0 Å². The number of nitrogens with one attached hydrogen (secondary N) is 1. The molecule has 148 valence electrons. The smallest absolute Gasteiger partial charge is 0.322 e. The monoisotopic (exact) mass is 383 g/mol. The number of carbonyl (C=O) groups is 3. The summed E-state index contributed by atoms with van der Waals surface area (Å²) in [6.07, 6.45) is 4.05. The van der Waals surface area contributed by atoms with Gasteiger partial charge in [0.15, 0.2) is 0 Å². The molecule has 2 aliphatic heterocycles. The summed E-state index contributed by atoms with van der Waals surface area (Å²) in [5, 5.41) is 12.4. The van der Waals surface area contributed by atoms with E-state index in [-0.39, 0.29) is 23.4 Å². The molecule has 2 N–H and O–H groups in total. The number of nitrogens with zero attached hydrogens (tertiary/aromatic N) is 2. The van der Waals surface area contributed by atoms with Gasteiger partial charge in [0.25, 0.3) is 0 Å². The standard InChI is InChI=1S/C21H25N3O4/c25-17-6-3-8-23(17)9-7-14-10-24(16-5-2-1-4-15(14)16)19(28)22-21-11-20(12-21,13-21)18(26)27/h1-2,4-5,14H,3,6-13H2,(H,22,28)(H,26,27). The molecule has 1 saturated heterocycles. The number of fused-ring (bicyclic) bond motifs is 1. The molecule has 6 rings (SSSR count). The molecule has 1 aromatic rings. The lowest BCUT2D eigenvalue weighted by molar-refractivity contribution is -0.195. The summed E-state index contributed by atoms with van der Waals surface area (Å²) in [6, 6.07) is 7.83. The fraction of sp³-hybridized carbons (Fsp3) is 0.571. The second-order valence-corrected chi connectivity index (χ2v) is 8.97. The summed E-state index contributed by atoms with van der Waals surface area (Å²) in [7, 11) is 0. The Morgan fingerprint density at radius 3 is 2.64 bits per heavy atom. The van der Waals surface area contributed by atoms with Gasteiger partial charge >= 0.3 is 12.0 Å². The molecule has 7 heteroatoms. The van der Waals surface area contributed by atoms with Crippen LogP contribution >= 0.6 is 0 Å². The number of para-hydroxylation sites is 1. The highest BCUT2D eigenvalue weighted by molar-refractivity contribution is 5.96. The predicted molar refractivity (Wildman–Crippen MR) is 102 cm³/mol. The first-order valence-corrected chi connectivity index (χ1v) is 10.1. The van der Waals surface area contributed by atoms with E-state index in [1.54, 1.807) is 4.90 Å². The third-order valence-corrected chi connectivity index (χ3v) is 7.09. The van der Waals surface area contributed by atoms with Gasteiger partial charge in [-0.2, -0.15) is 0 Å². The molecule has 4 fully saturated rings. The van der Waals surface area contributed by atoms with Gasteiger partial charge in [-0.05, 0) is 43.7 Å². The highest BCUT2D eigenvalue weighted by atomic mass is 16.4. The van der Waals surface area contributed by atoms with Gasteiger partial charge in [-0.25, -0.2) is 4.79 Å². The molecule has 3 amide bonds. The zero-order valence-electron chi connectivity index (χ0n) is 15.8. The summed E-state index contributed by atoms with van der Waals surface area (Å²) in [5.41, 5.74) is 1.16. The van der Waals surface area contributed by atoms with Crippen molar-refractivity contribution in [3.05, 3.63) is 29.8 Å². The molecular formula is C21H25N3O4. The Labute approximate surface area is 163 Å². The third kappa shape index (κ3) is 2.52. The predicted octanol–water partition coefficient (Wildman–Crippen LogP) is 2.32. The van der Waals surface area contributed by atoms with Crippen LogP contribution in [-0.4, -0.2) is 53.1 Å². The van der Waals surface area contributed by atoms with Gasteiger partial charge < -0.3 is 15.3 Å². The summed E-state index contributed by atoms with van der Waals surface area (Å²) in [5.74, 6) is -0.294. The lowest BCUT2D eigenvalue weighted by atomic mass is 9.39. The van der Waals surface area contributed by atoms with E-state index in [1.165, 1.54) is 0 Å². The van der Waals surface area contributed by atoms with Crippen LogP contribution in [0.15, 0.2) is 24.3 Å². The number of carbonyl (C=O) groups excluding carboxylic acids is 2.